The fourth-order valence-electron chi connectivity index (χ4n) is 3.28. The van der Waals surface area contributed by atoms with Crippen LogP contribution in [0.2, 0.25) is 0 Å². The number of hydrogen-bond acceptors (Lipinski definition) is 5. The lowest BCUT2D eigenvalue weighted by Gasteiger charge is -2.34. The van der Waals surface area contributed by atoms with Crippen LogP contribution in [0.25, 0.3) is 0 Å². The summed E-state index contributed by atoms with van der Waals surface area (Å²) in [6, 6.07) is 4.50. The highest BCUT2D eigenvalue weighted by Crippen LogP contribution is 2.33. The molecular formula is C18H23NO6S. The van der Waals surface area contributed by atoms with Gasteiger partial charge in [-0.1, -0.05) is 26.7 Å². The third kappa shape index (κ3) is 3.80. The first kappa shape index (κ1) is 20.1. The molecule has 1 aliphatic heterocycles. The summed E-state index contributed by atoms with van der Waals surface area (Å²) in [5.74, 6) is -3.56. The number of aromatic carboxylic acids is 1. The molecular weight excluding hydrogens is 358 g/mol. The highest BCUT2D eigenvalue weighted by molar-refractivity contribution is 7.90. The Hall–Kier alpha value is -2.22. The zero-order valence-corrected chi connectivity index (χ0v) is 15.7. The number of hydrogen-bond donors (Lipinski definition) is 1. The van der Waals surface area contributed by atoms with E-state index in [4.69, 9.17) is 5.11 Å². The molecule has 1 heterocycles. The van der Waals surface area contributed by atoms with Crippen LogP contribution < -0.4 is 0 Å². The zero-order chi connectivity index (χ0) is 19.5. The molecule has 1 N–H and O–H groups in total. The van der Waals surface area contributed by atoms with Gasteiger partial charge in [0.05, 0.1) is 10.5 Å². The van der Waals surface area contributed by atoms with Crippen molar-refractivity contribution in [2.45, 2.75) is 50.8 Å². The van der Waals surface area contributed by atoms with Crippen molar-refractivity contribution in [3.05, 3.63) is 29.8 Å². The summed E-state index contributed by atoms with van der Waals surface area (Å²) in [5.41, 5.74) is -0.0760. The molecule has 1 saturated heterocycles. The summed E-state index contributed by atoms with van der Waals surface area (Å²) in [7, 11) is -4.36. The van der Waals surface area contributed by atoms with E-state index >= 15 is 0 Å². The lowest BCUT2D eigenvalue weighted by Crippen LogP contribution is -2.52. The number of carboxylic acids is 1. The van der Waals surface area contributed by atoms with Gasteiger partial charge in [0.2, 0.25) is 11.8 Å². The maximum atomic E-state index is 12.9. The van der Waals surface area contributed by atoms with Gasteiger partial charge in [-0.15, -0.1) is 0 Å². The maximum absolute atomic E-state index is 12.9. The topological polar surface area (TPSA) is 109 Å². The summed E-state index contributed by atoms with van der Waals surface area (Å²) < 4.78 is 26.3. The molecule has 2 amide bonds. The van der Waals surface area contributed by atoms with E-state index in [-0.39, 0.29) is 10.5 Å². The fraction of sp³-hybridized carbons (Fsp3) is 0.500. The Labute approximate surface area is 153 Å². The number of amides is 2. The largest absolute Gasteiger partial charge is 0.478 e. The number of piperidine rings is 1. The van der Waals surface area contributed by atoms with E-state index in [0.717, 1.165) is 24.3 Å². The Bertz CT molecular complexity index is 775. The van der Waals surface area contributed by atoms with E-state index in [1.54, 1.807) is 0 Å². The van der Waals surface area contributed by atoms with Crippen LogP contribution in [0, 0.1) is 11.8 Å². The van der Waals surface area contributed by atoms with Crippen molar-refractivity contribution in [3.8, 4) is 0 Å². The predicted octanol–water partition coefficient (Wildman–Crippen LogP) is 2.67. The Balaban J connectivity index is 2.44. The van der Waals surface area contributed by atoms with E-state index in [1.807, 2.05) is 13.8 Å². The molecule has 142 valence electrons. The highest BCUT2D eigenvalue weighted by atomic mass is 32.2. The quantitative estimate of drug-likeness (QED) is 0.727. The van der Waals surface area contributed by atoms with Crippen LogP contribution in [0.3, 0.4) is 0 Å². The molecule has 2 atom stereocenters. The fourth-order valence-corrected chi connectivity index (χ4v) is 4.74. The number of nitrogens with zero attached hydrogens (tertiary/aromatic N) is 1. The van der Waals surface area contributed by atoms with Crippen LogP contribution in [0.15, 0.2) is 29.2 Å². The van der Waals surface area contributed by atoms with Gasteiger partial charge in [0.25, 0.3) is 10.0 Å². The molecule has 0 saturated carbocycles. The molecule has 1 aromatic carbocycles. The van der Waals surface area contributed by atoms with Crippen molar-refractivity contribution in [3.63, 3.8) is 0 Å². The second-order valence-electron chi connectivity index (χ2n) is 6.48. The van der Waals surface area contributed by atoms with Gasteiger partial charge in [0.1, 0.15) is 0 Å². The molecule has 2 unspecified atom stereocenters. The van der Waals surface area contributed by atoms with Gasteiger partial charge >= 0.3 is 5.97 Å². The maximum Gasteiger partial charge on any atom is 0.335 e. The van der Waals surface area contributed by atoms with Crippen molar-refractivity contribution in [2.24, 2.45) is 11.8 Å². The van der Waals surface area contributed by atoms with Gasteiger partial charge in [0, 0.05) is 11.8 Å². The minimum Gasteiger partial charge on any atom is -0.478 e. The number of carboxylic acid groups (broad SMARTS) is 1. The molecule has 1 aromatic rings. The molecule has 0 bridgehead atoms. The third-order valence-corrected chi connectivity index (χ3v) is 6.29. The number of benzene rings is 1. The van der Waals surface area contributed by atoms with Gasteiger partial charge in [-0.05, 0) is 43.5 Å². The molecule has 0 spiro atoms. The predicted molar refractivity (Wildman–Crippen MR) is 93.9 cm³/mol. The first-order valence-electron chi connectivity index (χ1n) is 8.70. The summed E-state index contributed by atoms with van der Waals surface area (Å²) in [6.45, 7) is 3.81. The summed E-state index contributed by atoms with van der Waals surface area (Å²) >= 11 is 0. The molecule has 8 heteroatoms. The van der Waals surface area contributed by atoms with Gasteiger partial charge in [-0.3, -0.25) is 9.59 Å². The van der Waals surface area contributed by atoms with Crippen molar-refractivity contribution in [1.29, 1.82) is 0 Å². The van der Waals surface area contributed by atoms with Crippen LogP contribution in [-0.4, -0.2) is 35.6 Å². The van der Waals surface area contributed by atoms with Crippen LogP contribution in [-0.2, 0) is 19.6 Å². The lowest BCUT2D eigenvalue weighted by molar-refractivity contribution is -0.149. The SMILES string of the molecule is CCCC1CC(CCC)C(=O)N(S(=O)(=O)c2ccc(C(=O)O)cc2)C1=O. The average Bonchev–Trinajstić information content (AvgIpc) is 2.59. The number of carbonyl (C=O) groups is 3. The zero-order valence-electron chi connectivity index (χ0n) is 14.8. The normalized spacial score (nSPS) is 21.1. The molecule has 2 rings (SSSR count). The molecule has 0 aliphatic carbocycles. The summed E-state index contributed by atoms with van der Waals surface area (Å²) in [6.07, 6.45) is 2.85. The Kier molecular flexibility index (Phi) is 6.17. The number of sulfonamides is 1. The molecule has 7 nitrogen and oxygen atoms in total. The van der Waals surface area contributed by atoms with Gasteiger partial charge in [0.15, 0.2) is 0 Å². The first-order valence-corrected chi connectivity index (χ1v) is 10.1. The monoisotopic (exact) mass is 381 g/mol. The Morgan fingerprint density at radius 2 is 1.50 bits per heavy atom. The Morgan fingerprint density at radius 1 is 1.04 bits per heavy atom. The number of imide groups is 1. The minimum absolute atomic E-state index is 0.0760. The Morgan fingerprint density at radius 3 is 1.88 bits per heavy atom. The van der Waals surface area contributed by atoms with E-state index in [2.05, 4.69) is 0 Å². The number of carbonyl (C=O) groups excluding carboxylic acids is 2. The second-order valence-corrected chi connectivity index (χ2v) is 8.27. The lowest BCUT2D eigenvalue weighted by atomic mass is 9.84. The van der Waals surface area contributed by atoms with Crippen LogP contribution >= 0.6 is 0 Å². The van der Waals surface area contributed by atoms with Gasteiger partial charge in [-0.2, -0.15) is 4.31 Å². The first-order chi connectivity index (χ1) is 12.2. The van der Waals surface area contributed by atoms with Gasteiger partial charge in [-0.25, -0.2) is 13.2 Å². The number of rotatable bonds is 7. The molecule has 0 aromatic heterocycles. The molecule has 1 aliphatic rings. The van der Waals surface area contributed by atoms with Crippen molar-refractivity contribution in [1.82, 2.24) is 4.31 Å². The van der Waals surface area contributed by atoms with E-state index in [0.29, 0.717) is 36.4 Å². The van der Waals surface area contributed by atoms with Gasteiger partial charge < -0.3 is 5.11 Å². The van der Waals surface area contributed by atoms with E-state index in [1.165, 1.54) is 0 Å². The molecule has 26 heavy (non-hydrogen) atoms. The average molecular weight is 381 g/mol. The smallest absolute Gasteiger partial charge is 0.335 e. The standard InChI is InChI=1S/C18H23NO6S/c1-3-5-13-11-14(6-4-2)17(21)19(16(13)20)26(24,25)15-9-7-12(8-10-15)18(22)23/h7-10,13-14H,3-6,11H2,1-2H3,(H,22,23). The highest BCUT2D eigenvalue weighted by Gasteiger charge is 2.46. The van der Waals surface area contributed by atoms with Crippen molar-refractivity contribution < 1.29 is 27.9 Å². The van der Waals surface area contributed by atoms with E-state index in [9.17, 15) is 22.8 Å². The van der Waals surface area contributed by atoms with Crippen molar-refractivity contribution in [2.75, 3.05) is 0 Å². The van der Waals surface area contributed by atoms with Crippen molar-refractivity contribution >= 4 is 27.8 Å². The van der Waals surface area contributed by atoms with Crippen LogP contribution in [0.4, 0.5) is 0 Å². The minimum atomic E-state index is -4.36. The third-order valence-electron chi connectivity index (χ3n) is 4.58. The van der Waals surface area contributed by atoms with E-state index < -0.39 is 39.6 Å². The summed E-state index contributed by atoms with van der Waals surface area (Å²) in [4.78, 5) is 36.1. The second kappa shape index (κ2) is 7.99. The van der Waals surface area contributed by atoms with Crippen LogP contribution in [0.5, 0.6) is 0 Å². The van der Waals surface area contributed by atoms with Crippen LogP contribution in [0.1, 0.15) is 56.3 Å². The summed E-state index contributed by atoms with van der Waals surface area (Å²) in [5, 5.41) is 8.93. The molecule has 0 radical (unpaired) electrons. The molecule has 1 fully saturated rings.